The number of rotatable bonds is 0. The molecular formula is C10H11Ti-7. The van der Waals surface area contributed by atoms with Crippen LogP contribution in [0, 0.1) is 0 Å². The Bertz CT molecular complexity index is 149. The van der Waals surface area contributed by atoms with Gasteiger partial charge in [0.05, 0.1) is 0 Å². The number of hydrogen-bond acceptors (Lipinski definition) is 0. The SMILES string of the molecule is [H-].[Ti].[cH-]1[cH-][cH-][cH-][cH-]1.c1cc[cH-]c1. The Hall–Kier alpha value is -0.586. The Morgan fingerprint density at radius 1 is 0.727 bits per heavy atom. The second-order valence-electron chi connectivity index (χ2n) is 1.92. The molecule has 0 unspecified atom stereocenters. The van der Waals surface area contributed by atoms with Crippen molar-refractivity contribution < 1.29 is 23.1 Å². The van der Waals surface area contributed by atoms with Gasteiger partial charge in [0.15, 0.2) is 0 Å². The minimum atomic E-state index is 0. The summed E-state index contributed by atoms with van der Waals surface area (Å²) >= 11 is 0. The van der Waals surface area contributed by atoms with Crippen LogP contribution in [0.4, 0.5) is 0 Å². The van der Waals surface area contributed by atoms with Crippen LogP contribution in [0.25, 0.3) is 0 Å². The van der Waals surface area contributed by atoms with Crippen LogP contribution in [-0.4, -0.2) is 0 Å². The Morgan fingerprint density at radius 2 is 1.09 bits per heavy atom. The summed E-state index contributed by atoms with van der Waals surface area (Å²) in [5.41, 5.74) is 0. The fourth-order valence-corrected chi connectivity index (χ4v) is 0.642. The minimum absolute atomic E-state index is 0. The van der Waals surface area contributed by atoms with Crippen molar-refractivity contribution in [3.05, 3.63) is 60.7 Å². The molecule has 0 bridgehead atoms. The first-order chi connectivity index (χ1) is 5.00. The molecule has 0 heterocycles. The molecule has 0 saturated carbocycles. The van der Waals surface area contributed by atoms with Gasteiger partial charge in [-0.15, -0.1) is 0 Å². The van der Waals surface area contributed by atoms with Gasteiger partial charge in [0.1, 0.15) is 0 Å². The van der Waals surface area contributed by atoms with E-state index in [1.807, 2.05) is 60.7 Å². The molecule has 0 nitrogen and oxygen atoms in total. The molecule has 0 aliphatic rings. The predicted octanol–water partition coefficient (Wildman–Crippen LogP) is 2.92. The summed E-state index contributed by atoms with van der Waals surface area (Å²) in [4.78, 5) is 0. The average molecular weight is 179 g/mol. The molecule has 0 N–H and O–H groups in total. The van der Waals surface area contributed by atoms with Crippen LogP contribution < -0.4 is 0 Å². The van der Waals surface area contributed by atoms with E-state index in [0.717, 1.165) is 0 Å². The monoisotopic (exact) mass is 179 g/mol. The zero-order valence-electron chi connectivity index (χ0n) is 7.27. The van der Waals surface area contributed by atoms with E-state index in [4.69, 9.17) is 0 Å². The van der Waals surface area contributed by atoms with Gasteiger partial charge in [0.2, 0.25) is 0 Å². The third-order valence-electron chi connectivity index (χ3n) is 1.11. The van der Waals surface area contributed by atoms with Crippen LogP contribution in [0.15, 0.2) is 60.7 Å². The molecule has 62 valence electrons. The Morgan fingerprint density at radius 3 is 1.27 bits per heavy atom. The van der Waals surface area contributed by atoms with Gasteiger partial charge in [-0.05, 0) is 0 Å². The van der Waals surface area contributed by atoms with Crippen LogP contribution >= 0.6 is 0 Å². The molecule has 0 saturated heterocycles. The van der Waals surface area contributed by atoms with Gasteiger partial charge < -0.3 is 31.8 Å². The first-order valence-corrected chi connectivity index (χ1v) is 3.33. The zero-order chi connectivity index (χ0) is 7.07. The van der Waals surface area contributed by atoms with Gasteiger partial charge >= 0.3 is 0 Å². The summed E-state index contributed by atoms with van der Waals surface area (Å²) in [6, 6.07) is 20.0. The zero-order valence-corrected chi connectivity index (χ0v) is 7.84. The summed E-state index contributed by atoms with van der Waals surface area (Å²) in [5, 5.41) is 0. The fourth-order valence-electron chi connectivity index (χ4n) is 0.642. The van der Waals surface area contributed by atoms with Crippen molar-refractivity contribution in [2.45, 2.75) is 0 Å². The molecule has 2 aromatic rings. The van der Waals surface area contributed by atoms with E-state index in [2.05, 4.69) is 0 Å². The summed E-state index contributed by atoms with van der Waals surface area (Å²) in [7, 11) is 0. The summed E-state index contributed by atoms with van der Waals surface area (Å²) in [6.07, 6.45) is 0. The maximum Gasteiger partial charge on any atom is 0 e. The molecular weight excluding hydrogens is 168 g/mol. The topological polar surface area (TPSA) is 0 Å². The van der Waals surface area contributed by atoms with Crippen molar-refractivity contribution in [2.24, 2.45) is 0 Å². The van der Waals surface area contributed by atoms with Gasteiger partial charge in [-0.3, -0.25) is 0 Å². The van der Waals surface area contributed by atoms with Crippen molar-refractivity contribution in [3.63, 3.8) is 0 Å². The van der Waals surface area contributed by atoms with E-state index in [1.54, 1.807) is 0 Å². The Kier molecular flexibility index (Phi) is 7.12. The molecule has 11 heavy (non-hydrogen) atoms. The minimum Gasteiger partial charge on any atom is -1.00 e. The number of hydrogen-bond donors (Lipinski definition) is 0. The van der Waals surface area contributed by atoms with Crippen LogP contribution in [0.3, 0.4) is 0 Å². The van der Waals surface area contributed by atoms with Crippen LogP contribution in [0.5, 0.6) is 0 Å². The van der Waals surface area contributed by atoms with E-state index >= 15 is 0 Å². The van der Waals surface area contributed by atoms with Crippen LogP contribution in [0.2, 0.25) is 0 Å². The van der Waals surface area contributed by atoms with E-state index in [-0.39, 0.29) is 23.1 Å². The summed E-state index contributed by atoms with van der Waals surface area (Å²) < 4.78 is 0. The van der Waals surface area contributed by atoms with Crippen LogP contribution in [-0.2, 0) is 21.7 Å². The van der Waals surface area contributed by atoms with Crippen LogP contribution in [0.1, 0.15) is 1.43 Å². The molecule has 0 fully saturated rings. The molecule has 0 aliphatic heterocycles. The molecule has 2 aromatic carbocycles. The molecule has 0 aliphatic carbocycles. The first kappa shape index (κ1) is 10.4. The Labute approximate surface area is 84.0 Å². The average Bonchev–Trinajstić information content (AvgIpc) is 2.67. The summed E-state index contributed by atoms with van der Waals surface area (Å²) in [6.45, 7) is 0. The van der Waals surface area contributed by atoms with Crippen molar-refractivity contribution in [2.75, 3.05) is 0 Å². The van der Waals surface area contributed by atoms with Crippen molar-refractivity contribution in [1.82, 2.24) is 0 Å². The van der Waals surface area contributed by atoms with E-state index in [1.165, 1.54) is 0 Å². The van der Waals surface area contributed by atoms with Gasteiger partial charge in [0, 0.05) is 21.7 Å². The largest absolute Gasteiger partial charge is 1.00 e. The summed E-state index contributed by atoms with van der Waals surface area (Å²) in [5.74, 6) is 0. The third-order valence-corrected chi connectivity index (χ3v) is 1.11. The van der Waals surface area contributed by atoms with Gasteiger partial charge in [-0.25, -0.2) is 12.1 Å². The van der Waals surface area contributed by atoms with E-state index in [0.29, 0.717) is 0 Å². The molecule has 0 aromatic heterocycles. The van der Waals surface area contributed by atoms with E-state index < -0.39 is 0 Å². The molecule has 0 radical (unpaired) electrons. The maximum atomic E-state index is 2.00. The second-order valence-corrected chi connectivity index (χ2v) is 1.92. The van der Waals surface area contributed by atoms with Gasteiger partial charge in [0.25, 0.3) is 0 Å². The molecule has 2 rings (SSSR count). The van der Waals surface area contributed by atoms with Crippen molar-refractivity contribution in [1.29, 1.82) is 0 Å². The van der Waals surface area contributed by atoms with Gasteiger partial charge in [-0.2, -0.15) is 18.2 Å². The van der Waals surface area contributed by atoms with Crippen molar-refractivity contribution in [3.8, 4) is 0 Å². The fraction of sp³-hybridized carbons (Fsp3) is 0. The standard InChI is InChI=1S/2C5H5.Ti.H/c2*1-2-4-5-3-1;;/h2*1-5H;;/q-5;-1;;-1. The predicted molar refractivity (Wildman–Crippen MR) is 45.2 cm³/mol. The second kappa shape index (κ2) is 7.52. The van der Waals surface area contributed by atoms with Gasteiger partial charge in [-0.1, -0.05) is 0 Å². The molecule has 0 atom stereocenters. The molecule has 1 heteroatoms. The smallest absolute Gasteiger partial charge is 0 e. The molecule has 0 amide bonds. The third kappa shape index (κ3) is 5.84. The first-order valence-electron chi connectivity index (χ1n) is 3.33. The maximum absolute atomic E-state index is 2.00. The van der Waals surface area contributed by atoms with E-state index in [9.17, 15) is 0 Å². The molecule has 0 spiro atoms. The quantitative estimate of drug-likeness (QED) is 0.430. The normalized spacial score (nSPS) is 7.27. The van der Waals surface area contributed by atoms with Crippen molar-refractivity contribution >= 4 is 0 Å². The Balaban J connectivity index is 0.